The van der Waals surface area contributed by atoms with E-state index in [1.165, 1.54) is 23.6 Å². The second kappa shape index (κ2) is 8.95. The fourth-order valence-corrected chi connectivity index (χ4v) is 4.89. The Balaban J connectivity index is 1.68. The normalized spacial score (nSPS) is 20.2. The zero-order valence-corrected chi connectivity index (χ0v) is 17.7. The average molecular weight is 439 g/mol. The van der Waals surface area contributed by atoms with Gasteiger partial charge in [-0.25, -0.2) is 4.79 Å². The van der Waals surface area contributed by atoms with Crippen molar-refractivity contribution in [2.75, 3.05) is 12.4 Å². The molecule has 0 aromatic heterocycles. The summed E-state index contributed by atoms with van der Waals surface area (Å²) in [5.41, 5.74) is 8.17. The van der Waals surface area contributed by atoms with Gasteiger partial charge in [0.05, 0.1) is 0 Å². The summed E-state index contributed by atoms with van der Waals surface area (Å²) >= 11 is 1.44. The van der Waals surface area contributed by atoms with E-state index in [1.54, 1.807) is 0 Å². The summed E-state index contributed by atoms with van der Waals surface area (Å²) in [6.07, 6.45) is -0.657. The van der Waals surface area contributed by atoms with Gasteiger partial charge < -0.3 is 15.2 Å². The molecule has 0 aliphatic carbocycles. The van der Waals surface area contributed by atoms with Crippen molar-refractivity contribution in [3.05, 3.63) is 83.1 Å². The second-order valence-corrected chi connectivity index (χ2v) is 8.38. The SMILES string of the molecule is CC(=O)OCC1=C(C(=O)OC(c2ccccc2)c2ccccc2)N2C(=O)C(N)[C@H]2SC1. The molecule has 0 radical (unpaired) electrons. The molecule has 2 aromatic rings. The second-order valence-electron chi connectivity index (χ2n) is 7.27. The first-order valence-corrected chi connectivity index (χ1v) is 10.9. The van der Waals surface area contributed by atoms with Gasteiger partial charge in [0.2, 0.25) is 5.91 Å². The number of esters is 2. The molecule has 2 aliphatic rings. The van der Waals surface area contributed by atoms with Crippen molar-refractivity contribution >= 4 is 29.6 Å². The van der Waals surface area contributed by atoms with Gasteiger partial charge in [0, 0.05) is 18.2 Å². The minimum Gasteiger partial charge on any atom is -0.461 e. The van der Waals surface area contributed by atoms with Gasteiger partial charge in [-0.2, -0.15) is 0 Å². The Morgan fingerprint density at radius 3 is 2.23 bits per heavy atom. The summed E-state index contributed by atoms with van der Waals surface area (Å²) in [4.78, 5) is 38.5. The summed E-state index contributed by atoms with van der Waals surface area (Å²) in [5, 5.41) is -0.331. The molecule has 7 nitrogen and oxygen atoms in total. The highest BCUT2D eigenvalue weighted by molar-refractivity contribution is 8.00. The molecular formula is C23H22N2O5S. The van der Waals surface area contributed by atoms with E-state index in [9.17, 15) is 14.4 Å². The first-order chi connectivity index (χ1) is 15.0. The van der Waals surface area contributed by atoms with E-state index in [2.05, 4.69) is 0 Å². The van der Waals surface area contributed by atoms with Crippen LogP contribution in [0.2, 0.25) is 0 Å². The van der Waals surface area contributed by atoms with Crippen molar-refractivity contribution in [3.63, 3.8) is 0 Å². The number of ether oxygens (including phenoxy) is 2. The van der Waals surface area contributed by atoms with Gasteiger partial charge >= 0.3 is 11.9 Å². The molecule has 8 heteroatoms. The lowest BCUT2D eigenvalue weighted by atomic mass is 10.0. The van der Waals surface area contributed by atoms with E-state index in [0.29, 0.717) is 11.3 Å². The van der Waals surface area contributed by atoms with Crippen molar-refractivity contribution in [2.24, 2.45) is 5.73 Å². The number of thioether (sulfide) groups is 1. The van der Waals surface area contributed by atoms with Crippen molar-refractivity contribution in [1.29, 1.82) is 0 Å². The van der Waals surface area contributed by atoms with E-state index in [1.807, 2.05) is 60.7 Å². The van der Waals surface area contributed by atoms with Crippen LogP contribution in [0.1, 0.15) is 24.2 Å². The van der Waals surface area contributed by atoms with Crippen LogP contribution in [-0.2, 0) is 23.9 Å². The lowest BCUT2D eigenvalue weighted by Gasteiger charge is -2.48. The number of hydrogen-bond donors (Lipinski definition) is 1. The zero-order valence-electron chi connectivity index (χ0n) is 16.9. The van der Waals surface area contributed by atoms with E-state index in [0.717, 1.165) is 11.1 Å². The van der Waals surface area contributed by atoms with Crippen LogP contribution in [-0.4, -0.2) is 46.5 Å². The maximum absolute atomic E-state index is 13.4. The number of fused-ring (bicyclic) bond motifs is 1. The topological polar surface area (TPSA) is 98.9 Å². The zero-order chi connectivity index (χ0) is 22.0. The molecule has 0 spiro atoms. The first kappa shape index (κ1) is 21.1. The monoisotopic (exact) mass is 438 g/mol. The van der Waals surface area contributed by atoms with Crippen LogP contribution in [0.4, 0.5) is 0 Å². The molecule has 4 rings (SSSR count). The van der Waals surface area contributed by atoms with Crippen molar-refractivity contribution < 1.29 is 23.9 Å². The molecular weight excluding hydrogens is 416 g/mol. The molecule has 1 unspecified atom stereocenters. The van der Waals surface area contributed by atoms with Gasteiger partial charge in [0.25, 0.3) is 0 Å². The Morgan fingerprint density at radius 1 is 1.10 bits per heavy atom. The van der Waals surface area contributed by atoms with Crippen molar-refractivity contribution in [2.45, 2.75) is 24.4 Å². The molecule has 1 fully saturated rings. The smallest absolute Gasteiger partial charge is 0.356 e. The third kappa shape index (κ3) is 4.22. The quantitative estimate of drug-likeness (QED) is 0.546. The average Bonchev–Trinajstić information content (AvgIpc) is 2.80. The molecule has 2 aliphatic heterocycles. The van der Waals surface area contributed by atoms with Gasteiger partial charge in [0.1, 0.15) is 23.7 Å². The molecule has 0 saturated carbocycles. The summed E-state index contributed by atoms with van der Waals surface area (Å²) in [6, 6.07) is 18.1. The number of carbonyl (C=O) groups excluding carboxylic acids is 3. The Bertz CT molecular complexity index is 985. The van der Waals surface area contributed by atoms with Crippen LogP contribution in [0.15, 0.2) is 71.9 Å². The summed E-state index contributed by atoms with van der Waals surface area (Å²) in [7, 11) is 0. The van der Waals surface area contributed by atoms with Crippen LogP contribution >= 0.6 is 11.8 Å². The highest BCUT2D eigenvalue weighted by atomic mass is 32.2. The highest BCUT2D eigenvalue weighted by Gasteiger charge is 2.52. The number of nitrogens with zero attached hydrogens (tertiary/aromatic N) is 1. The summed E-state index contributed by atoms with van der Waals surface area (Å²) < 4.78 is 11.1. The van der Waals surface area contributed by atoms with Crippen molar-refractivity contribution in [3.8, 4) is 0 Å². The van der Waals surface area contributed by atoms with E-state index in [-0.39, 0.29) is 23.6 Å². The number of benzene rings is 2. The molecule has 31 heavy (non-hydrogen) atoms. The number of nitrogens with two attached hydrogens (primary N) is 1. The minimum atomic E-state index is -0.665. The van der Waals surface area contributed by atoms with Gasteiger partial charge in [-0.05, 0) is 11.1 Å². The predicted octanol–water partition coefficient (Wildman–Crippen LogP) is 2.38. The van der Waals surface area contributed by atoms with E-state index >= 15 is 0 Å². The van der Waals surface area contributed by atoms with E-state index < -0.39 is 24.1 Å². The molecule has 0 bridgehead atoms. The fraction of sp³-hybridized carbons (Fsp3) is 0.261. The number of carbonyl (C=O) groups is 3. The van der Waals surface area contributed by atoms with Crippen LogP contribution in [0.3, 0.4) is 0 Å². The predicted molar refractivity (Wildman–Crippen MR) is 116 cm³/mol. The lowest BCUT2D eigenvalue weighted by molar-refractivity contribution is -0.153. The minimum absolute atomic E-state index is 0.0835. The number of amides is 1. The van der Waals surface area contributed by atoms with Crippen LogP contribution in [0.5, 0.6) is 0 Å². The molecule has 2 aromatic carbocycles. The largest absolute Gasteiger partial charge is 0.461 e. The summed E-state index contributed by atoms with van der Waals surface area (Å²) in [5.74, 6) is -1.04. The fourth-order valence-electron chi connectivity index (χ4n) is 3.62. The molecule has 2 heterocycles. The van der Waals surface area contributed by atoms with Gasteiger partial charge in [-0.1, -0.05) is 60.7 Å². The van der Waals surface area contributed by atoms with E-state index in [4.69, 9.17) is 15.2 Å². The first-order valence-electron chi connectivity index (χ1n) is 9.84. The van der Waals surface area contributed by atoms with Gasteiger partial charge in [-0.15, -0.1) is 11.8 Å². The van der Waals surface area contributed by atoms with Crippen LogP contribution in [0.25, 0.3) is 0 Å². The summed E-state index contributed by atoms with van der Waals surface area (Å²) in [6.45, 7) is 1.21. The standard InChI is InChI=1S/C23H22N2O5S/c1-14(26)29-12-17-13-31-22-18(24)21(27)25(22)19(17)23(28)30-20(15-8-4-2-5-9-15)16-10-6-3-7-11-16/h2-11,18,20,22H,12-13,24H2,1H3/t18?,22-/m1/s1. The Kier molecular flexibility index (Phi) is 6.11. The number of rotatable bonds is 6. The maximum Gasteiger partial charge on any atom is 0.356 e. The maximum atomic E-state index is 13.4. The van der Waals surface area contributed by atoms with Crippen LogP contribution in [0, 0.1) is 0 Å². The molecule has 2 N–H and O–H groups in total. The Morgan fingerprint density at radius 2 is 1.68 bits per heavy atom. The molecule has 2 atom stereocenters. The van der Waals surface area contributed by atoms with Gasteiger partial charge in [0.15, 0.2) is 6.10 Å². The lowest BCUT2D eigenvalue weighted by Crippen LogP contribution is -2.68. The number of hydrogen-bond acceptors (Lipinski definition) is 7. The van der Waals surface area contributed by atoms with Crippen LogP contribution < -0.4 is 5.73 Å². The number of β-lactam (4-membered cyclic amide) rings is 1. The Hall–Kier alpha value is -3.10. The van der Waals surface area contributed by atoms with Gasteiger partial charge in [-0.3, -0.25) is 14.5 Å². The molecule has 1 amide bonds. The highest BCUT2D eigenvalue weighted by Crippen LogP contribution is 2.40. The third-order valence-corrected chi connectivity index (χ3v) is 6.52. The van der Waals surface area contributed by atoms with Crippen molar-refractivity contribution in [1.82, 2.24) is 4.90 Å². The molecule has 1 saturated heterocycles. The Labute approximate surface area is 184 Å². The third-order valence-electron chi connectivity index (χ3n) is 5.16. The molecule has 160 valence electrons.